The Morgan fingerprint density at radius 1 is 1.05 bits per heavy atom. The van der Waals surface area contributed by atoms with Crippen LogP contribution in [0.1, 0.15) is 54.1 Å². The molecule has 0 saturated heterocycles. The lowest BCUT2D eigenvalue weighted by Gasteiger charge is -2.30. The van der Waals surface area contributed by atoms with Crippen molar-refractivity contribution in [2.75, 3.05) is 0 Å². The molecular formula is C18H17FO2. The zero-order chi connectivity index (χ0) is 14.4. The van der Waals surface area contributed by atoms with Gasteiger partial charge in [-0.2, -0.15) is 0 Å². The predicted octanol–water partition coefficient (Wildman–Crippen LogP) is 4.26. The molecule has 108 valence electrons. The summed E-state index contributed by atoms with van der Waals surface area (Å²) in [7, 11) is 0. The molecule has 2 aromatic rings. The number of hydrogen-bond donors (Lipinski definition) is 1. The van der Waals surface area contributed by atoms with E-state index in [-0.39, 0.29) is 11.9 Å². The molecule has 0 aromatic heterocycles. The van der Waals surface area contributed by atoms with Crippen LogP contribution >= 0.6 is 0 Å². The van der Waals surface area contributed by atoms with Gasteiger partial charge < -0.3 is 9.84 Å². The van der Waals surface area contributed by atoms with Crippen LogP contribution in [0.15, 0.2) is 42.5 Å². The van der Waals surface area contributed by atoms with Gasteiger partial charge in [0.2, 0.25) is 0 Å². The highest BCUT2D eigenvalue weighted by Crippen LogP contribution is 2.44. The fourth-order valence-electron chi connectivity index (χ4n) is 3.05. The van der Waals surface area contributed by atoms with Crippen molar-refractivity contribution in [3.05, 3.63) is 65.0 Å². The first kappa shape index (κ1) is 12.8. The second kappa shape index (κ2) is 4.85. The maximum Gasteiger partial charge on any atom is 0.128 e. The van der Waals surface area contributed by atoms with Crippen LogP contribution in [0.3, 0.4) is 0 Å². The lowest BCUT2D eigenvalue weighted by molar-refractivity contribution is 0.0653. The second-order valence-electron chi connectivity index (χ2n) is 5.98. The molecule has 1 aliphatic heterocycles. The summed E-state index contributed by atoms with van der Waals surface area (Å²) in [6, 6.07) is 12.7. The monoisotopic (exact) mass is 284 g/mol. The first-order valence-corrected chi connectivity index (χ1v) is 7.45. The summed E-state index contributed by atoms with van der Waals surface area (Å²) >= 11 is 0. The van der Waals surface area contributed by atoms with Crippen LogP contribution in [0.25, 0.3) is 0 Å². The fraction of sp³-hybridized carbons (Fsp3) is 0.333. The number of aliphatic hydroxyl groups excluding tert-OH is 1. The van der Waals surface area contributed by atoms with Crippen molar-refractivity contribution in [1.82, 2.24) is 0 Å². The molecule has 4 rings (SSSR count). The topological polar surface area (TPSA) is 29.5 Å². The zero-order valence-electron chi connectivity index (χ0n) is 11.6. The molecule has 0 radical (unpaired) electrons. The third-order valence-corrected chi connectivity index (χ3v) is 4.37. The van der Waals surface area contributed by atoms with Crippen molar-refractivity contribution in [1.29, 1.82) is 0 Å². The summed E-state index contributed by atoms with van der Waals surface area (Å²) in [4.78, 5) is 0. The van der Waals surface area contributed by atoms with Crippen LogP contribution in [-0.2, 0) is 0 Å². The number of fused-ring (bicyclic) bond motifs is 1. The molecule has 0 amide bonds. The van der Waals surface area contributed by atoms with Gasteiger partial charge in [-0.05, 0) is 42.0 Å². The Balaban J connectivity index is 1.66. The first-order chi connectivity index (χ1) is 10.2. The Labute approximate surface area is 123 Å². The molecule has 0 spiro atoms. The zero-order valence-corrected chi connectivity index (χ0v) is 11.6. The molecule has 0 bridgehead atoms. The van der Waals surface area contributed by atoms with E-state index in [1.807, 2.05) is 12.1 Å². The summed E-state index contributed by atoms with van der Waals surface area (Å²) in [5, 5.41) is 10.3. The summed E-state index contributed by atoms with van der Waals surface area (Å²) in [6.07, 6.45) is 2.20. The van der Waals surface area contributed by atoms with Crippen molar-refractivity contribution in [3.8, 4) is 5.75 Å². The second-order valence-corrected chi connectivity index (χ2v) is 5.98. The Kier molecular flexibility index (Phi) is 2.96. The molecule has 3 heteroatoms. The van der Waals surface area contributed by atoms with E-state index in [9.17, 15) is 9.50 Å². The van der Waals surface area contributed by atoms with E-state index < -0.39 is 6.10 Å². The van der Waals surface area contributed by atoms with Gasteiger partial charge in [-0.25, -0.2) is 4.39 Å². The summed E-state index contributed by atoms with van der Waals surface area (Å²) in [5.41, 5.74) is 3.08. The SMILES string of the molecule is O[C@H]1CC(c2cccc(C3CC3)c2)Oc2cc(F)ccc21. The van der Waals surface area contributed by atoms with Crippen molar-refractivity contribution >= 4 is 0 Å². The summed E-state index contributed by atoms with van der Waals surface area (Å²) in [5.74, 6) is 0.798. The third-order valence-electron chi connectivity index (χ3n) is 4.37. The molecule has 1 saturated carbocycles. The smallest absolute Gasteiger partial charge is 0.128 e. The molecule has 2 nitrogen and oxygen atoms in total. The lowest BCUT2D eigenvalue weighted by Crippen LogP contribution is -2.19. The standard InChI is InChI=1S/C18H17FO2/c19-14-6-7-15-16(20)10-17(21-18(15)9-14)13-3-1-2-12(8-13)11-4-5-11/h1-3,6-9,11,16-17,20H,4-5,10H2/t16-,17?/m0/s1. The minimum atomic E-state index is -0.607. The molecule has 1 heterocycles. The van der Waals surface area contributed by atoms with Crippen LogP contribution in [0.2, 0.25) is 0 Å². The molecule has 2 aromatic carbocycles. The minimum absolute atomic E-state index is 0.215. The van der Waals surface area contributed by atoms with E-state index in [0.717, 1.165) is 5.56 Å². The third kappa shape index (κ3) is 2.42. The Bertz CT molecular complexity index is 679. The maximum atomic E-state index is 13.4. The summed E-state index contributed by atoms with van der Waals surface area (Å²) in [6.45, 7) is 0. The van der Waals surface area contributed by atoms with Crippen molar-refractivity contribution < 1.29 is 14.2 Å². The van der Waals surface area contributed by atoms with Crippen molar-refractivity contribution in [2.24, 2.45) is 0 Å². The van der Waals surface area contributed by atoms with Gasteiger partial charge in [0.05, 0.1) is 6.10 Å². The van der Waals surface area contributed by atoms with Crippen LogP contribution in [0.5, 0.6) is 5.75 Å². The Hall–Kier alpha value is -1.87. The van der Waals surface area contributed by atoms with Crippen LogP contribution < -0.4 is 4.74 Å². The average molecular weight is 284 g/mol. The molecule has 2 aliphatic rings. The van der Waals surface area contributed by atoms with Gasteiger partial charge in [0.1, 0.15) is 17.7 Å². The van der Waals surface area contributed by atoms with Gasteiger partial charge in [0.25, 0.3) is 0 Å². The van der Waals surface area contributed by atoms with Gasteiger partial charge in [0.15, 0.2) is 0 Å². The van der Waals surface area contributed by atoms with Crippen LogP contribution in [0, 0.1) is 5.82 Å². The van der Waals surface area contributed by atoms with Gasteiger partial charge >= 0.3 is 0 Å². The van der Waals surface area contributed by atoms with Crippen LogP contribution in [0.4, 0.5) is 4.39 Å². The molecule has 2 atom stereocenters. The van der Waals surface area contributed by atoms with E-state index >= 15 is 0 Å². The van der Waals surface area contributed by atoms with E-state index in [0.29, 0.717) is 23.7 Å². The van der Waals surface area contributed by atoms with Crippen LogP contribution in [-0.4, -0.2) is 5.11 Å². The first-order valence-electron chi connectivity index (χ1n) is 7.45. The normalized spacial score (nSPS) is 24.3. The highest BCUT2D eigenvalue weighted by molar-refractivity contribution is 5.39. The van der Waals surface area contributed by atoms with Crippen molar-refractivity contribution in [2.45, 2.75) is 37.4 Å². The number of ether oxygens (including phenoxy) is 1. The molecule has 1 aliphatic carbocycles. The number of hydrogen-bond acceptors (Lipinski definition) is 2. The Morgan fingerprint density at radius 2 is 1.86 bits per heavy atom. The molecular weight excluding hydrogens is 267 g/mol. The average Bonchev–Trinajstić information content (AvgIpc) is 3.31. The van der Waals surface area contributed by atoms with Gasteiger partial charge in [-0.3, -0.25) is 0 Å². The molecule has 1 N–H and O–H groups in total. The van der Waals surface area contributed by atoms with E-state index in [4.69, 9.17) is 4.74 Å². The summed E-state index contributed by atoms with van der Waals surface area (Å²) < 4.78 is 19.3. The van der Waals surface area contributed by atoms with Gasteiger partial charge in [-0.15, -0.1) is 0 Å². The number of rotatable bonds is 2. The molecule has 1 unspecified atom stereocenters. The van der Waals surface area contributed by atoms with Gasteiger partial charge in [-0.1, -0.05) is 24.3 Å². The number of aliphatic hydroxyl groups is 1. The van der Waals surface area contributed by atoms with E-state index in [2.05, 4.69) is 12.1 Å². The van der Waals surface area contributed by atoms with Gasteiger partial charge in [0, 0.05) is 18.1 Å². The fourth-order valence-corrected chi connectivity index (χ4v) is 3.05. The highest BCUT2D eigenvalue weighted by atomic mass is 19.1. The number of halogens is 1. The minimum Gasteiger partial charge on any atom is -0.485 e. The molecule has 21 heavy (non-hydrogen) atoms. The maximum absolute atomic E-state index is 13.4. The largest absolute Gasteiger partial charge is 0.485 e. The Morgan fingerprint density at radius 3 is 2.67 bits per heavy atom. The quantitative estimate of drug-likeness (QED) is 0.892. The predicted molar refractivity (Wildman–Crippen MR) is 77.8 cm³/mol. The number of benzene rings is 2. The van der Waals surface area contributed by atoms with Crippen molar-refractivity contribution in [3.63, 3.8) is 0 Å². The molecule has 1 fully saturated rings. The lowest BCUT2D eigenvalue weighted by atomic mass is 9.93. The van der Waals surface area contributed by atoms with E-state index in [1.165, 1.54) is 30.5 Å². The van der Waals surface area contributed by atoms with E-state index in [1.54, 1.807) is 6.07 Å². The highest BCUT2D eigenvalue weighted by Gasteiger charge is 2.30.